The van der Waals surface area contributed by atoms with Gasteiger partial charge in [0.1, 0.15) is 16.8 Å². The Morgan fingerprint density at radius 3 is 2.77 bits per heavy atom. The predicted molar refractivity (Wildman–Crippen MR) is 124 cm³/mol. The number of unbranched alkanes of at least 4 members (excludes halogenated alkanes) is 1. The van der Waals surface area contributed by atoms with Gasteiger partial charge in [0.2, 0.25) is 0 Å². The molecule has 5 heteroatoms. The summed E-state index contributed by atoms with van der Waals surface area (Å²) >= 11 is 1.61. The van der Waals surface area contributed by atoms with Crippen LogP contribution in [-0.4, -0.2) is 18.2 Å². The van der Waals surface area contributed by atoms with Crippen LogP contribution in [0.4, 0.5) is 10.7 Å². The molecule has 4 nitrogen and oxygen atoms in total. The van der Waals surface area contributed by atoms with E-state index in [0.717, 1.165) is 48.9 Å². The van der Waals surface area contributed by atoms with Crippen molar-refractivity contribution in [2.75, 3.05) is 11.4 Å². The largest absolute Gasteiger partial charge is 0.306 e. The SMILES string of the molecule is CCCCN1C(=O)C(=Nc2sc3c(c2C#N)CC[C@H](C(C)(C)C)C3)c2ccccc21. The molecule has 1 aromatic carbocycles. The second-order valence-electron chi connectivity index (χ2n) is 9.39. The van der Waals surface area contributed by atoms with Crippen LogP contribution in [0.5, 0.6) is 0 Å². The Morgan fingerprint density at radius 1 is 1.30 bits per heavy atom. The first-order valence-electron chi connectivity index (χ1n) is 10.9. The third-order valence-corrected chi connectivity index (χ3v) is 7.58. The second-order valence-corrected chi connectivity index (χ2v) is 10.5. The number of hydrogen-bond acceptors (Lipinski definition) is 4. The van der Waals surface area contributed by atoms with Gasteiger partial charge >= 0.3 is 0 Å². The number of fused-ring (bicyclic) bond motifs is 2. The smallest absolute Gasteiger partial charge is 0.277 e. The molecule has 1 aliphatic carbocycles. The van der Waals surface area contributed by atoms with Crippen LogP contribution in [0, 0.1) is 22.7 Å². The lowest BCUT2D eigenvalue weighted by Gasteiger charge is -2.33. The summed E-state index contributed by atoms with van der Waals surface area (Å²) in [5, 5.41) is 10.6. The van der Waals surface area contributed by atoms with Crippen molar-refractivity contribution in [3.63, 3.8) is 0 Å². The Hall–Kier alpha value is -2.45. The Bertz CT molecular complexity index is 1050. The lowest BCUT2D eigenvalue weighted by atomic mass is 9.72. The summed E-state index contributed by atoms with van der Waals surface area (Å²) in [4.78, 5) is 21.2. The number of thiophene rings is 1. The van der Waals surface area contributed by atoms with Gasteiger partial charge in [-0.1, -0.05) is 52.3 Å². The summed E-state index contributed by atoms with van der Waals surface area (Å²) in [6, 6.07) is 10.3. The number of hydrogen-bond donors (Lipinski definition) is 0. The number of carbonyl (C=O) groups is 1. The van der Waals surface area contributed by atoms with Crippen LogP contribution < -0.4 is 4.90 Å². The van der Waals surface area contributed by atoms with Crippen LogP contribution in [-0.2, 0) is 17.6 Å². The molecule has 2 heterocycles. The normalized spacial score (nSPS) is 19.7. The van der Waals surface area contributed by atoms with Crippen molar-refractivity contribution in [3.05, 3.63) is 45.8 Å². The highest BCUT2D eigenvalue weighted by molar-refractivity contribution is 7.16. The number of benzene rings is 1. The van der Waals surface area contributed by atoms with E-state index >= 15 is 0 Å². The Labute approximate surface area is 183 Å². The van der Waals surface area contributed by atoms with E-state index in [1.807, 2.05) is 29.2 Å². The van der Waals surface area contributed by atoms with Crippen molar-refractivity contribution in [2.45, 2.75) is 59.8 Å². The molecular weight excluding hydrogens is 390 g/mol. The summed E-state index contributed by atoms with van der Waals surface area (Å²) < 4.78 is 0. The number of rotatable bonds is 4. The number of nitrogens with zero attached hydrogens (tertiary/aromatic N) is 3. The van der Waals surface area contributed by atoms with E-state index in [4.69, 9.17) is 4.99 Å². The minimum Gasteiger partial charge on any atom is -0.306 e. The van der Waals surface area contributed by atoms with E-state index < -0.39 is 0 Å². The minimum absolute atomic E-state index is 0.0486. The van der Waals surface area contributed by atoms with Crippen LogP contribution in [0.3, 0.4) is 0 Å². The number of para-hydroxylation sites is 1. The van der Waals surface area contributed by atoms with Crippen LogP contribution in [0.15, 0.2) is 29.3 Å². The van der Waals surface area contributed by atoms with Gasteiger partial charge in [-0.3, -0.25) is 4.79 Å². The van der Waals surface area contributed by atoms with Gasteiger partial charge in [0.25, 0.3) is 5.91 Å². The topological polar surface area (TPSA) is 56.5 Å². The lowest BCUT2D eigenvalue weighted by molar-refractivity contribution is -0.112. The summed E-state index contributed by atoms with van der Waals surface area (Å²) in [7, 11) is 0. The Balaban J connectivity index is 1.75. The highest BCUT2D eigenvalue weighted by Crippen LogP contribution is 2.45. The maximum Gasteiger partial charge on any atom is 0.277 e. The van der Waals surface area contributed by atoms with Gasteiger partial charge in [-0.2, -0.15) is 5.26 Å². The van der Waals surface area contributed by atoms with Gasteiger partial charge in [0, 0.05) is 17.0 Å². The van der Waals surface area contributed by atoms with Crippen LogP contribution >= 0.6 is 11.3 Å². The average Bonchev–Trinajstić information content (AvgIpc) is 3.20. The first kappa shape index (κ1) is 20.8. The number of anilines is 1. The molecule has 30 heavy (non-hydrogen) atoms. The van der Waals surface area contributed by atoms with E-state index in [-0.39, 0.29) is 11.3 Å². The molecule has 2 aromatic rings. The molecule has 1 aromatic heterocycles. The number of amides is 1. The molecular formula is C25H29N3OS. The average molecular weight is 420 g/mol. The summed E-state index contributed by atoms with van der Waals surface area (Å²) in [5.41, 5.74) is 4.37. The fourth-order valence-corrected chi connectivity index (χ4v) is 5.77. The third-order valence-electron chi connectivity index (χ3n) is 6.43. The van der Waals surface area contributed by atoms with Crippen molar-refractivity contribution in [1.82, 2.24) is 0 Å². The fraction of sp³-hybridized carbons (Fsp3) is 0.480. The highest BCUT2D eigenvalue weighted by atomic mass is 32.1. The van der Waals surface area contributed by atoms with Gasteiger partial charge in [-0.05, 0) is 48.6 Å². The molecule has 1 aliphatic heterocycles. The van der Waals surface area contributed by atoms with Gasteiger partial charge in [-0.25, -0.2) is 4.99 Å². The molecule has 0 fully saturated rings. The molecule has 0 radical (unpaired) electrons. The predicted octanol–water partition coefficient (Wildman–Crippen LogP) is 6.04. The Kier molecular flexibility index (Phi) is 5.55. The molecule has 156 valence electrons. The molecule has 1 amide bonds. The zero-order valence-electron chi connectivity index (χ0n) is 18.3. The van der Waals surface area contributed by atoms with Crippen molar-refractivity contribution in [2.24, 2.45) is 16.3 Å². The minimum atomic E-state index is -0.0486. The molecule has 4 rings (SSSR count). The van der Waals surface area contributed by atoms with E-state index in [1.165, 1.54) is 4.88 Å². The number of nitriles is 1. The summed E-state index contributed by atoms with van der Waals surface area (Å²) in [6.07, 6.45) is 5.01. The summed E-state index contributed by atoms with van der Waals surface area (Å²) in [5.74, 6) is 0.557. The van der Waals surface area contributed by atoms with Crippen molar-refractivity contribution < 1.29 is 4.79 Å². The molecule has 0 spiro atoms. The quantitative estimate of drug-likeness (QED) is 0.607. The van der Waals surface area contributed by atoms with Gasteiger partial charge < -0.3 is 4.90 Å². The van der Waals surface area contributed by atoms with Gasteiger partial charge in [-0.15, -0.1) is 11.3 Å². The van der Waals surface area contributed by atoms with Gasteiger partial charge in [0.05, 0.1) is 11.3 Å². The maximum atomic E-state index is 13.2. The second kappa shape index (κ2) is 8.00. The molecule has 2 aliphatic rings. The van der Waals surface area contributed by atoms with Crippen LogP contribution in [0.25, 0.3) is 0 Å². The first-order valence-corrected chi connectivity index (χ1v) is 11.7. The highest BCUT2D eigenvalue weighted by Gasteiger charge is 2.35. The van der Waals surface area contributed by atoms with E-state index in [0.29, 0.717) is 28.7 Å². The zero-order valence-corrected chi connectivity index (χ0v) is 19.1. The molecule has 0 unspecified atom stereocenters. The third kappa shape index (κ3) is 3.58. The van der Waals surface area contributed by atoms with Crippen molar-refractivity contribution in [3.8, 4) is 6.07 Å². The monoisotopic (exact) mass is 419 g/mol. The molecule has 1 atom stereocenters. The molecule has 0 saturated carbocycles. The van der Waals surface area contributed by atoms with E-state index in [9.17, 15) is 10.1 Å². The van der Waals surface area contributed by atoms with E-state index in [2.05, 4.69) is 33.8 Å². The molecule has 0 bridgehead atoms. The zero-order chi connectivity index (χ0) is 21.5. The Morgan fingerprint density at radius 2 is 2.07 bits per heavy atom. The number of aliphatic imine (C=N–C) groups is 1. The van der Waals surface area contributed by atoms with Crippen LogP contribution in [0.1, 0.15) is 68.5 Å². The fourth-order valence-electron chi connectivity index (χ4n) is 4.51. The van der Waals surface area contributed by atoms with E-state index in [1.54, 1.807) is 11.3 Å². The summed E-state index contributed by atoms with van der Waals surface area (Å²) in [6.45, 7) is 9.71. The molecule has 0 N–H and O–H groups in total. The maximum absolute atomic E-state index is 13.2. The van der Waals surface area contributed by atoms with Crippen molar-refractivity contribution >= 4 is 33.6 Å². The molecule has 0 saturated heterocycles. The van der Waals surface area contributed by atoms with Crippen LogP contribution in [0.2, 0.25) is 0 Å². The number of carbonyl (C=O) groups excluding carboxylic acids is 1. The first-order chi connectivity index (χ1) is 14.3. The standard InChI is InChI=1S/C25H29N3OS/c1-5-6-13-28-20-10-8-7-9-18(20)22(24(28)29)27-23-19(15-26)17-12-11-16(25(2,3)4)14-21(17)30-23/h7-10,16H,5-6,11-14H2,1-4H3/t16-/m0/s1. The van der Waals surface area contributed by atoms with Gasteiger partial charge in [0.15, 0.2) is 0 Å². The lowest BCUT2D eigenvalue weighted by Crippen LogP contribution is -2.30. The van der Waals surface area contributed by atoms with Crippen molar-refractivity contribution in [1.29, 1.82) is 5.26 Å².